The zero-order chi connectivity index (χ0) is 44.6. The van der Waals surface area contributed by atoms with E-state index in [4.69, 9.17) is 5.73 Å². The standard InChI is InChI=1S/C41H48N8O12/c1-22(44-37(56)30(45-34(52)19-42)17-25-20-43-28-10-6-5-9-27(25)28)36(55)49-33(21-50)40(59)46-29(15-23-7-3-2-4-8-23)38(57)47-31(18-35(53)54)39(58)48-32(41(60)61)16-24-11-13-26(51)14-12-24/h2-14,20,22,29-33,43,50-51H,15-19,21,42H2,1H3,(H,44,56)(H,45,52)(H,46,59)(H,47,57)(H,48,58)(H,49,55)(H,53,54)(H,60,61)/t22-,29-,30-,31-,32-,33-/m0/s1. The number of phenols is 1. The van der Waals surface area contributed by atoms with Crippen molar-refractivity contribution in [3.05, 3.63) is 102 Å². The molecule has 0 aliphatic carbocycles. The van der Waals surface area contributed by atoms with Crippen LogP contribution in [0.3, 0.4) is 0 Å². The number of carbonyl (C=O) groups is 8. The summed E-state index contributed by atoms with van der Waals surface area (Å²) in [4.78, 5) is 106. The first-order valence-corrected chi connectivity index (χ1v) is 19.0. The number of hydrogen-bond donors (Lipinski definition) is 12. The number of phenolic OH excluding ortho intramolecular Hbond substituents is 1. The second kappa shape index (κ2) is 22.2. The summed E-state index contributed by atoms with van der Waals surface area (Å²) in [6.45, 7) is -0.0910. The molecular formula is C41H48N8O12. The van der Waals surface area contributed by atoms with Crippen molar-refractivity contribution < 1.29 is 58.8 Å². The van der Waals surface area contributed by atoms with Crippen LogP contribution in [0.1, 0.15) is 30.0 Å². The summed E-state index contributed by atoms with van der Waals surface area (Å²) in [5, 5.41) is 54.1. The van der Waals surface area contributed by atoms with Crippen molar-refractivity contribution in [3.63, 3.8) is 0 Å². The Balaban J connectivity index is 1.46. The Morgan fingerprint density at radius 3 is 1.77 bits per heavy atom. The van der Waals surface area contributed by atoms with E-state index in [0.29, 0.717) is 16.7 Å². The summed E-state index contributed by atoms with van der Waals surface area (Å²) < 4.78 is 0. The molecule has 20 nitrogen and oxygen atoms in total. The van der Waals surface area contributed by atoms with Crippen LogP contribution in [0.25, 0.3) is 10.9 Å². The molecule has 0 fully saturated rings. The van der Waals surface area contributed by atoms with Crippen LogP contribution in [0.4, 0.5) is 0 Å². The van der Waals surface area contributed by atoms with E-state index in [1.165, 1.54) is 31.2 Å². The monoisotopic (exact) mass is 844 g/mol. The summed E-state index contributed by atoms with van der Waals surface area (Å²) in [6, 6.07) is 11.9. The number of carboxylic acid groups (broad SMARTS) is 2. The average molecular weight is 845 g/mol. The number of hydrogen-bond acceptors (Lipinski definition) is 11. The van der Waals surface area contributed by atoms with Gasteiger partial charge in [0.05, 0.1) is 19.6 Å². The number of rotatable bonds is 22. The molecule has 61 heavy (non-hydrogen) atoms. The average Bonchev–Trinajstić information content (AvgIpc) is 3.64. The molecule has 1 heterocycles. The summed E-state index contributed by atoms with van der Waals surface area (Å²) in [5.74, 6) is -8.68. The molecule has 0 aliphatic rings. The number of benzene rings is 3. The lowest BCUT2D eigenvalue weighted by Gasteiger charge is -2.26. The van der Waals surface area contributed by atoms with Crippen molar-refractivity contribution in [2.24, 2.45) is 5.73 Å². The number of aliphatic hydroxyl groups is 1. The van der Waals surface area contributed by atoms with Crippen LogP contribution in [-0.2, 0) is 57.6 Å². The Morgan fingerprint density at radius 1 is 0.607 bits per heavy atom. The number of nitrogens with one attached hydrogen (secondary N) is 7. The molecule has 0 spiro atoms. The highest BCUT2D eigenvalue weighted by atomic mass is 16.4. The van der Waals surface area contributed by atoms with Crippen molar-refractivity contribution in [1.29, 1.82) is 0 Å². The highest BCUT2D eigenvalue weighted by Gasteiger charge is 2.33. The number of nitrogens with two attached hydrogens (primary N) is 1. The zero-order valence-corrected chi connectivity index (χ0v) is 32.9. The number of aromatic nitrogens is 1. The smallest absolute Gasteiger partial charge is 0.326 e. The molecular weight excluding hydrogens is 796 g/mol. The van der Waals surface area contributed by atoms with Gasteiger partial charge in [0.1, 0.15) is 42.0 Å². The van der Waals surface area contributed by atoms with E-state index < -0.39 is 103 Å². The first-order valence-electron chi connectivity index (χ1n) is 19.0. The number of aromatic amines is 1. The van der Waals surface area contributed by atoms with E-state index in [9.17, 15) is 58.8 Å². The van der Waals surface area contributed by atoms with Crippen LogP contribution >= 0.6 is 0 Å². The molecule has 0 radical (unpaired) electrons. The van der Waals surface area contributed by atoms with Crippen molar-refractivity contribution in [1.82, 2.24) is 36.9 Å². The number of aliphatic carboxylic acids is 2. The van der Waals surface area contributed by atoms with Gasteiger partial charge >= 0.3 is 11.9 Å². The Hall–Kier alpha value is -7.32. The molecule has 324 valence electrons. The molecule has 0 bridgehead atoms. The molecule has 20 heteroatoms. The number of H-pyrrole nitrogens is 1. The Bertz CT molecular complexity index is 2200. The molecule has 0 saturated carbocycles. The van der Waals surface area contributed by atoms with Gasteiger partial charge in [-0.25, -0.2) is 4.79 Å². The van der Waals surface area contributed by atoms with Crippen LogP contribution in [0.5, 0.6) is 5.75 Å². The lowest BCUT2D eigenvalue weighted by Crippen LogP contribution is -2.60. The van der Waals surface area contributed by atoms with Crippen molar-refractivity contribution >= 4 is 58.3 Å². The predicted molar refractivity (Wildman–Crippen MR) is 217 cm³/mol. The molecule has 4 rings (SSSR count). The van der Waals surface area contributed by atoms with Crippen molar-refractivity contribution in [3.8, 4) is 5.75 Å². The summed E-state index contributed by atoms with van der Waals surface area (Å²) >= 11 is 0. The van der Waals surface area contributed by atoms with Crippen LogP contribution in [-0.4, -0.2) is 122 Å². The van der Waals surface area contributed by atoms with Crippen molar-refractivity contribution in [2.75, 3.05) is 13.2 Å². The summed E-state index contributed by atoms with van der Waals surface area (Å²) in [6.07, 6.45) is 0.255. The Labute approximate surface area is 348 Å². The number of amides is 6. The lowest BCUT2D eigenvalue weighted by molar-refractivity contribution is -0.143. The lowest BCUT2D eigenvalue weighted by atomic mass is 10.0. The van der Waals surface area contributed by atoms with E-state index in [0.717, 1.165) is 10.9 Å². The van der Waals surface area contributed by atoms with Crippen LogP contribution < -0.4 is 37.6 Å². The Kier molecular flexibility index (Phi) is 16.8. The first kappa shape index (κ1) is 46.4. The molecule has 0 unspecified atom stereocenters. The highest BCUT2D eigenvalue weighted by molar-refractivity contribution is 5.98. The van der Waals surface area contributed by atoms with Gasteiger partial charge < -0.3 is 63.0 Å². The van der Waals surface area contributed by atoms with Crippen molar-refractivity contribution in [2.45, 2.75) is 68.9 Å². The van der Waals surface area contributed by atoms with Crippen LogP contribution in [0, 0.1) is 0 Å². The van der Waals surface area contributed by atoms with E-state index in [2.05, 4.69) is 36.9 Å². The van der Waals surface area contributed by atoms with Gasteiger partial charge in [-0.1, -0.05) is 60.7 Å². The molecule has 6 amide bonds. The molecule has 6 atom stereocenters. The maximum absolute atomic E-state index is 13.8. The summed E-state index contributed by atoms with van der Waals surface area (Å²) in [5.41, 5.74) is 7.88. The van der Waals surface area contributed by atoms with Gasteiger partial charge in [0, 0.05) is 36.4 Å². The minimum Gasteiger partial charge on any atom is -0.508 e. The number of aromatic hydroxyl groups is 1. The topological polar surface area (TPSA) is 331 Å². The van der Waals surface area contributed by atoms with Gasteiger partial charge in [-0.05, 0) is 41.8 Å². The highest BCUT2D eigenvalue weighted by Crippen LogP contribution is 2.19. The molecule has 3 aromatic carbocycles. The zero-order valence-electron chi connectivity index (χ0n) is 32.9. The van der Waals surface area contributed by atoms with Gasteiger partial charge in [-0.15, -0.1) is 0 Å². The molecule has 13 N–H and O–H groups in total. The normalized spacial score (nSPS) is 13.9. The van der Waals surface area contributed by atoms with E-state index in [1.807, 2.05) is 18.2 Å². The van der Waals surface area contributed by atoms with Gasteiger partial charge in [0.2, 0.25) is 35.4 Å². The number of fused-ring (bicyclic) bond motifs is 1. The van der Waals surface area contributed by atoms with E-state index >= 15 is 0 Å². The third-order valence-corrected chi connectivity index (χ3v) is 9.42. The second-order valence-corrected chi connectivity index (χ2v) is 14.0. The number of aliphatic hydroxyl groups excluding tert-OH is 1. The third-order valence-electron chi connectivity index (χ3n) is 9.42. The fourth-order valence-electron chi connectivity index (χ4n) is 6.18. The fraction of sp³-hybridized carbons (Fsp3) is 0.317. The molecule has 4 aromatic rings. The number of carbonyl (C=O) groups excluding carboxylic acids is 6. The Morgan fingerprint density at radius 2 is 1.13 bits per heavy atom. The van der Waals surface area contributed by atoms with Gasteiger partial charge in [0.25, 0.3) is 0 Å². The molecule has 1 aromatic heterocycles. The number of carboxylic acids is 2. The second-order valence-electron chi connectivity index (χ2n) is 14.0. The maximum Gasteiger partial charge on any atom is 0.326 e. The van der Waals surface area contributed by atoms with Gasteiger partial charge in [-0.3, -0.25) is 33.6 Å². The maximum atomic E-state index is 13.8. The van der Waals surface area contributed by atoms with Crippen LogP contribution in [0.15, 0.2) is 85.1 Å². The predicted octanol–water partition coefficient (Wildman–Crippen LogP) is -1.66. The summed E-state index contributed by atoms with van der Waals surface area (Å²) in [7, 11) is 0. The molecule has 0 aliphatic heterocycles. The first-order chi connectivity index (χ1) is 29.1. The number of para-hydroxylation sites is 1. The fourth-order valence-corrected chi connectivity index (χ4v) is 6.18. The quantitative estimate of drug-likeness (QED) is 0.0422. The molecule has 0 saturated heterocycles. The van der Waals surface area contributed by atoms with E-state index in [1.54, 1.807) is 42.6 Å². The largest absolute Gasteiger partial charge is 0.508 e. The van der Waals surface area contributed by atoms with Gasteiger partial charge in [-0.2, -0.15) is 0 Å². The SMILES string of the molecule is C[C@H](NC(=O)[C@H](Cc1c[nH]c2ccccc12)NC(=O)CN)C(=O)N[C@@H](CO)C(=O)N[C@@H](Cc1ccccc1)C(=O)N[C@@H](CC(=O)O)C(=O)N[C@@H](Cc1ccc(O)cc1)C(=O)O. The van der Waals surface area contributed by atoms with Gasteiger partial charge in [0.15, 0.2) is 0 Å². The minimum atomic E-state index is -1.82. The van der Waals surface area contributed by atoms with E-state index in [-0.39, 0.29) is 25.0 Å². The third kappa shape index (κ3) is 13.9. The van der Waals surface area contributed by atoms with Crippen LogP contribution in [0.2, 0.25) is 0 Å². The minimum absolute atomic E-state index is 0.0252.